The van der Waals surface area contributed by atoms with E-state index in [0.29, 0.717) is 0 Å². The van der Waals surface area contributed by atoms with Gasteiger partial charge in [-0.3, -0.25) is 4.98 Å². The molecule has 0 fully saturated rings. The minimum atomic E-state index is -1.42. The van der Waals surface area contributed by atoms with E-state index in [1.54, 1.807) is 6.92 Å². The highest BCUT2D eigenvalue weighted by atomic mass is 19.1. The number of carbonyl (C=O) groups excluding carboxylic acids is 1. The van der Waals surface area contributed by atoms with Crippen molar-refractivity contribution in [2.45, 2.75) is 25.6 Å². The lowest BCUT2D eigenvalue weighted by atomic mass is 10.1. The summed E-state index contributed by atoms with van der Waals surface area (Å²) in [5.74, 6) is -1.51. The van der Waals surface area contributed by atoms with Crippen LogP contribution in [0.1, 0.15) is 47.7 Å². The molecule has 110 valence electrons. The first kappa shape index (κ1) is 13.6. The van der Waals surface area contributed by atoms with Gasteiger partial charge in [-0.15, -0.1) is 5.10 Å². The monoisotopic (exact) mass is 294 g/mol. The molecule has 3 rings (SSSR count). The van der Waals surface area contributed by atoms with Gasteiger partial charge in [-0.2, -0.15) is 0 Å². The second kappa shape index (κ2) is 5.19. The van der Waals surface area contributed by atoms with Gasteiger partial charge < -0.3 is 4.74 Å². The predicted octanol–water partition coefficient (Wildman–Crippen LogP) is 1.99. The second-order valence-corrected chi connectivity index (χ2v) is 4.55. The van der Waals surface area contributed by atoms with Gasteiger partial charge in [0, 0.05) is 12.6 Å². The van der Waals surface area contributed by atoms with Gasteiger partial charge in [0.1, 0.15) is 17.6 Å². The minimum Gasteiger partial charge on any atom is -0.460 e. The number of rotatable bonds is 3. The Morgan fingerprint density at radius 3 is 3.10 bits per heavy atom. The topological polar surface area (TPSA) is 69.9 Å². The van der Waals surface area contributed by atoms with Crippen LogP contribution in [0.2, 0.25) is 0 Å². The number of hydrogen-bond donors (Lipinski definition) is 0. The zero-order chi connectivity index (χ0) is 15.0. The Bertz CT molecular complexity index is 689. The van der Waals surface area contributed by atoms with Crippen LogP contribution in [0.25, 0.3) is 0 Å². The number of halogens is 2. The van der Waals surface area contributed by atoms with Crippen molar-refractivity contribution in [2.75, 3.05) is 6.61 Å². The summed E-state index contributed by atoms with van der Waals surface area (Å²) in [6.07, 6.45) is -0.00812. The Balaban J connectivity index is 1.99. The molecule has 0 spiro atoms. The number of pyridine rings is 1. The SMILES string of the molecule is CCOC(=O)c1nc2n(n1)C(c1ncccc1F)CC2F. The van der Waals surface area contributed by atoms with Crippen LogP contribution < -0.4 is 0 Å². The first-order chi connectivity index (χ1) is 10.1. The van der Waals surface area contributed by atoms with Crippen LogP contribution in [-0.4, -0.2) is 32.3 Å². The molecule has 21 heavy (non-hydrogen) atoms. The van der Waals surface area contributed by atoms with Crippen LogP contribution in [0.3, 0.4) is 0 Å². The molecule has 1 aliphatic heterocycles. The van der Waals surface area contributed by atoms with E-state index >= 15 is 0 Å². The molecule has 3 heterocycles. The van der Waals surface area contributed by atoms with E-state index in [0.717, 1.165) is 0 Å². The normalized spacial score (nSPS) is 20.3. The van der Waals surface area contributed by atoms with E-state index in [1.807, 2.05) is 0 Å². The molecule has 8 heteroatoms. The van der Waals surface area contributed by atoms with Gasteiger partial charge in [0.15, 0.2) is 12.0 Å². The van der Waals surface area contributed by atoms with Crippen molar-refractivity contribution in [1.82, 2.24) is 19.7 Å². The summed E-state index contributed by atoms with van der Waals surface area (Å²) < 4.78 is 33.8. The molecule has 6 nitrogen and oxygen atoms in total. The average molecular weight is 294 g/mol. The van der Waals surface area contributed by atoms with Gasteiger partial charge >= 0.3 is 5.97 Å². The van der Waals surface area contributed by atoms with Crippen LogP contribution in [-0.2, 0) is 4.74 Å². The zero-order valence-electron chi connectivity index (χ0n) is 11.2. The van der Waals surface area contributed by atoms with Crippen LogP contribution >= 0.6 is 0 Å². The van der Waals surface area contributed by atoms with E-state index < -0.39 is 24.0 Å². The summed E-state index contributed by atoms with van der Waals surface area (Å²) in [5.41, 5.74) is 0.0826. The zero-order valence-corrected chi connectivity index (χ0v) is 11.2. The summed E-state index contributed by atoms with van der Waals surface area (Å²) in [4.78, 5) is 19.4. The highest BCUT2D eigenvalue weighted by molar-refractivity contribution is 5.85. The smallest absolute Gasteiger partial charge is 0.378 e. The molecule has 1 aliphatic rings. The van der Waals surface area contributed by atoms with E-state index in [4.69, 9.17) is 4.74 Å². The van der Waals surface area contributed by atoms with E-state index in [9.17, 15) is 13.6 Å². The van der Waals surface area contributed by atoms with Crippen molar-refractivity contribution in [3.8, 4) is 0 Å². The molecule has 0 saturated carbocycles. The number of hydrogen-bond acceptors (Lipinski definition) is 5. The number of esters is 1. The van der Waals surface area contributed by atoms with E-state index in [2.05, 4.69) is 15.1 Å². The number of nitrogens with zero attached hydrogens (tertiary/aromatic N) is 4. The number of fused-ring (bicyclic) bond motifs is 1. The van der Waals surface area contributed by atoms with Crippen molar-refractivity contribution < 1.29 is 18.3 Å². The number of alkyl halides is 1. The Hall–Kier alpha value is -2.38. The molecule has 0 aliphatic carbocycles. The molecule has 0 radical (unpaired) electrons. The van der Waals surface area contributed by atoms with Crippen LogP contribution in [0.15, 0.2) is 18.3 Å². The lowest BCUT2D eigenvalue weighted by Gasteiger charge is -2.11. The lowest BCUT2D eigenvalue weighted by molar-refractivity contribution is 0.0511. The fourth-order valence-corrected chi connectivity index (χ4v) is 2.33. The highest BCUT2D eigenvalue weighted by Crippen LogP contribution is 2.39. The molecule has 0 aromatic carbocycles. The molecule has 0 amide bonds. The maximum Gasteiger partial charge on any atom is 0.378 e. The van der Waals surface area contributed by atoms with E-state index in [1.165, 1.54) is 23.0 Å². The maximum absolute atomic E-state index is 14.0. The molecule has 0 saturated heterocycles. The fourth-order valence-electron chi connectivity index (χ4n) is 2.33. The predicted molar refractivity (Wildman–Crippen MR) is 66.8 cm³/mol. The minimum absolute atomic E-state index is 0.00638. The van der Waals surface area contributed by atoms with Crippen molar-refractivity contribution in [1.29, 1.82) is 0 Å². The number of carbonyl (C=O) groups is 1. The first-order valence-corrected chi connectivity index (χ1v) is 6.49. The summed E-state index contributed by atoms with van der Waals surface area (Å²) in [6, 6.07) is 1.98. The third kappa shape index (κ3) is 2.26. The standard InChI is InChI=1S/C13H12F2N4O2/c1-2-21-13(20)11-17-12-8(15)6-9(19(12)18-11)10-7(14)4-3-5-16-10/h3-5,8-9H,2,6H2,1H3. The molecule has 2 unspecified atom stereocenters. The molecule has 0 N–H and O–H groups in total. The average Bonchev–Trinajstić information content (AvgIpc) is 3.01. The molecule has 0 bridgehead atoms. The Labute approximate surface area is 118 Å². The quantitative estimate of drug-likeness (QED) is 0.810. The Morgan fingerprint density at radius 1 is 1.57 bits per heavy atom. The first-order valence-electron chi connectivity index (χ1n) is 6.49. The Kier molecular flexibility index (Phi) is 3.36. The van der Waals surface area contributed by atoms with Crippen molar-refractivity contribution >= 4 is 5.97 Å². The second-order valence-electron chi connectivity index (χ2n) is 4.55. The van der Waals surface area contributed by atoms with Crippen molar-refractivity contribution in [3.63, 3.8) is 0 Å². The van der Waals surface area contributed by atoms with Crippen molar-refractivity contribution in [3.05, 3.63) is 41.5 Å². The molecule has 2 aromatic heterocycles. The summed E-state index contributed by atoms with van der Waals surface area (Å²) in [7, 11) is 0. The molecular weight excluding hydrogens is 282 g/mol. The fraction of sp³-hybridized carbons (Fsp3) is 0.385. The van der Waals surface area contributed by atoms with Crippen LogP contribution in [0.4, 0.5) is 8.78 Å². The number of ether oxygens (including phenoxy) is 1. The maximum atomic E-state index is 14.0. The Morgan fingerprint density at radius 2 is 2.38 bits per heavy atom. The van der Waals surface area contributed by atoms with Gasteiger partial charge in [-0.25, -0.2) is 23.2 Å². The summed E-state index contributed by atoms with van der Waals surface area (Å²) in [5, 5.41) is 3.94. The summed E-state index contributed by atoms with van der Waals surface area (Å²) >= 11 is 0. The number of aromatic nitrogens is 4. The molecule has 2 aromatic rings. The molecular formula is C13H12F2N4O2. The third-order valence-electron chi connectivity index (χ3n) is 3.22. The summed E-state index contributed by atoms with van der Waals surface area (Å²) in [6.45, 7) is 1.81. The van der Waals surface area contributed by atoms with Gasteiger partial charge in [0.2, 0.25) is 0 Å². The van der Waals surface area contributed by atoms with Crippen LogP contribution in [0, 0.1) is 5.82 Å². The van der Waals surface area contributed by atoms with Crippen LogP contribution in [0.5, 0.6) is 0 Å². The van der Waals surface area contributed by atoms with Crippen molar-refractivity contribution in [2.24, 2.45) is 0 Å². The highest BCUT2D eigenvalue weighted by Gasteiger charge is 2.38. The van der Waals surface area contributed by atoms with Gasteiger partial charge in [-0.05, 0) is 19.1 Å². The van der Waals surface area contributed by atoms with E-state index in [-0.39, 0.29) is 30.4 Å². The third-order valence-corrected chi connectivity index (χ3v) is 3.22. The van der Waals surface area contributed by atoms with Gasteiger partial charge in [-0.1, -0.05) is 0 Å². The van der Waals surface area contributed by atoms with Gasteiger partial charge in [0.05, 0.1) is 6.61 Å². The largest absolute Gasteiger partial charge is 0.460 e. The molecule has 2 atom stereocenters. The lowest BCUT2D eigenvalue weighted by Crippen LogP contribution is -2.13. The van der Waals surface area contributed by atoms with Gasteiger partial charge in [0.25, 0.3) is 5.82 Å².